The largest absolute Gasteiger partial charge is 0.321 e. The lowest BCUT2D eigenvalue weighted by Crippen LogP contribution is -1.89. The number of hydrogen-bond acceptors (Lipinski definition) is 2. The van der Waals surface area contributed by atoms with E-state index in [1.54, 1.807) is 6.07 Å². The summed E-state index contributed by atoms with van der Waals surface area (Å²) in [4.78, 5) is 0. The smallest absolute Gasteiger partial charge is 0.137 e. The van der Waals surface area contributed by atoms with Gasteiger partial charge in [-0.05, 0) is 40.5 Å². The minimum Gasteiger partial charge on any atom is -0.321 e. The Bertz CT molecular complexity index is 296. The van der Waals surface area contributed by atoms with Gasteiger partial charge in [0.15, 0.2) is 0 Å². The number of hydrogen-bond donors (Lipinski definition) is 1. The average Bonchev–Trinajstić information content (AvgIpc) is 2.18. The average molecular weight is 392 g/mol. The first kappa shape index (κ1) is 14.5. The van der Waals surface area contributed by atoms with Crippen molar-refractivity contribution in [1.29, 1.82) is 0 Å². The van der Waals surface area contributed by atoms with E-state index in [1.165, 1.54) is 15.2 Å². The van der Waals surface area contributed by atoms with Crippen molar-refractivity contribution in [3.05, 3.63) is 28.0 Å². The molecule has 0 radical (unpaired) electrons. The van der Waals surface area contributed by atoms with E-state index in [0.29, 0.717) is 4.47 Å². The zero-order valence-corrected chi connectivity index (χ0v) is 12.8. The summed E-state index contributed by atoms with van der Waals surface area (Å²) in [6, 6.07) is 3.23. The van der Waals surface area contributed by atoms with Crippen LogP contribution in [0.5, 0.6) is 0 Å². The van der Waals surface area contributed by atoms with Gasteiger partial charge in [-0.3, -0.25) is 0 Å². The van der Waals surface area contributed by atoms with Crippen LogP contribution in [0.25, 0.3) is 0 Å². The van der Waals surface area contributed by atoms with Gasteiger partial charge in [-0.15, -0.1) is 0 Å². The fourth-order valence-corrected chi connectivity index (χ4v) is 2.16. The standard InChI is InChI=1S/C7H6BrFINS.C2H6/c1-4-2-6(9)5(8)3-7(4)11-12-10;1-2/h2-3,11H,1H3;1-2H3. The van der Waals surface area contributed by atoms with Gasteiger partial charge in [0.2, 0.25) is 0 Å². The Hall–Kier alpha value is 0.510. The molecule has 80 valence electrons. The second-order valence-corrected chi connectivity index (χ2v) is 4.79. The zero-order chi connectivity index (χ0) is 11.1. The monoisotopic (exact) mass is 391 g/mol. The van der Waals surface area contributed by atoms with Crippen molar-refractivity contribution in [3.8, 4) is 0 Å². The van der Waals surface area contributed by atoms with Crippen molar-refractivity contribution in [2.45, 2.75) is 20.8 Å². The van der Waals surface area contributed by atoms with Crippen molar-refractivity contribution in [2.24, 2.45) is 0 Å². The minimum atomic E-state index is -0.225. The maximum Gasteiger partial charge on any atom is 0.137 e. The van der Waals surface area contributed by atoms with Gasteiger partial charge in [-0.2, -0.15) is 0 Å². The molecule has 1 rings (SSSR count). The molecular formula is C9H12BrFINS. The summed E-state index contributed by atoms with van der Waals surface area (Å²) in [6.07, 6.45) is 0. The second-order valence-electron chi connectivity index (χ2n) is 2.26. The van der Waals surface area contributed by atoms with E-state index in [2.05, 4.69) is 41.9 Å². The highest BCUT2D eigenvalue weighted by Crippen LogP contribution is 2.27. The third-order valence-electron chi connectivity index (χ3n) is 1.42. The van der Waals surface area contributed by atoms with Gasteiger partial charge < -0.3 is 4.72 Å². The zero-order valence-electron chi connectivity index (χ0n) is 8.20. The summed E-state index contributed by atoms with van der Waals surface area (Å²) < 4.78 is 16.5. The van der Waals surface area contributed by atoms with Gasteiger partial charge in [0.05, 0.1) is 4.47 Å². The highest BCUT2D eigenvalue weighted by Gasteiger charge is 2.03. The second kappa shape index (κ2) is 7.76. The summed E-state index contributed by atoms with van der Waals surface area (Å²) in [6.45, 7) is 5.87. The van der Waals surface area contributed by atoms with Crippen molar-refractivity contribution in [2.75, 3.05) is 4.72 Å². The molecule has 0 unspecified atom stereocenters. The van der Waals surface area contributed by atoms with E-state index in [1.807, 2.05) is 20.8 Å². The fraction of sp³-hybridized carbons (Fsp3) is 0.333. The molecule has 1 aromatic carbocycles. The van der Waals surface area contributed by atoms with Crippen LogP contribution in [-0.2, 0) is 0 Å². The van der Waals surface area contributed by atoms with Crippen LogP contribution in [0.2, 0.25) is 0 Å². The molecule has 0 saturated heterocycles. The lowest BCUT2D eigenvalue weighted by Gasteiger charge is -2.06. The lowest BCUT2D eigenvalue weighted by atomic mass is 10.2. The first-order chi connectivity index (χ1) is 6.65. The van der Waals surface area contributed by atoms with Crippen LogP contribution < -0.4 is 4.72 Å². The summed E-state index contributed by atoms with van der Waals surface area (Å²) in [5.41, 5.74) is 1.84. The molecule has 14 heavy (non-hydrogen) atoms. The number of benzene rings is 1. The molecule has 0 bridgehead atoms. The van der Waals surface area contributed by atoms with E-state index in [0.717, 1.165) is 11.3 Å². The topological polar surface area (TPSA) is 12.0 Å². The SMILES string of the molecule is CC.Cc1cc(F)c(Br)cc1NSI. The van der Waals surface area contributed by atoms with Crippen molar-refractivity contribution in [1.82, 2.24) is 0 Å². The maximum atomic E-state index is 12.9. The normalized spacial score (nSPS) is 9.00. The van der Waals surface area contributed by atoms with Gasteiger partial charge in [0.1, 0.15) is 5.82 Å². The maximum absolute atomic E-state index is 12.9. The van der Waals surface area contributed by atoms with Gasteiger partial charge in [-0.25, -0.2) is 4.39 Å². The molecule has 0 spiro atoms. The molecule has 1 N–H and O–H groups in total. The Morgan fingerprint density at radius 3 is 2.50 bits per heavy atom. The molecular weight excluding hydrogens is 380 g/mol. The number of aryl methyl sites for hydroxylation is 1. The van der Waals surface area contributed by atoms with Crippen molar-refractivity contribution >= 4 is 51.9 Å². The number of nitrogens with one attached hydrogen (secondary N) is 1. The van der Waals surface area contributed by atoms with Crippen molar-refractivity contribution in [3.63, 3.8) is 0 Å². The van der Waals surface area contributed by atoms with Gasteiger partial charge >= 0.3 is 0 Å². The van der Waals surface area contributed by atoms with Gasteiger partial charge in [0.25, 0.3) is 0 Å². The summed E-state index contributed by atoms with van der Waals surface area (Å²) >= 11 is 5.25. The first-order valence-electron chi connectivity index (χ1n) is 4.14. The summed E-state index contributed by atoms with van der Waals surface area (Å²) in [5, 5.41) is 0. The van der Waals surface area contributed by atoms with Crippen LogP contribution in [0.1, 0.15) is 19.4 Å². The Morgan fingerprint density at radius 2 is 2.00 bits per heavy atom. The molecule has 1 nitrogen and oxygen atoms in total. The van der Waals surface area contributed by atoms with Crippen LogP contribution in [0, 0.1) is 12.7 Å². The van der Waals surface area contributed by atoms with Crippen LogP contribution in [0.4, 0.5) is 10.1 Å². The Kier molecular flexibility index (Phi) is 8.04. The van der Waals surface area contributed by atoms with Gasteiger partial charge in [-0.1, -0.05) is 13.8 Å². The van der Waals surface area contributed by atoms with E-state index in [-0.39, 0.29) is 5.82 Å². The van der Waals surface area contributed by atoms with E-state index in [9.17, 15) is 4.39 Å². The molecule has 1 aromatic rings. The summed E-state index contributed by atoms with van der Waals surface area (Å²) in [5.74, 6) is -0.225. The number of halogens is 3. The molecule has 0 aliphatic carbocycles. The highest BCUT2D eigenvalue weighted by atomic mass is 127. The molecule has 0 aromatic heterocycles. The minimum absolute atomic E-state index is 0.225. The predicted octanol–water partition coefficient (Wildman–Crippen LogP) is 5.33. The molecule has 5 heteroatoms. The Labute approximate surface area is 109 Å². The molecule has 0 atom stereocenters. The lowest BCUT2D eigenvalue weighted by molar-refractivity contribution is 0.620. The molecule has 0 fully saturated rings. The van der Waals surface area contributed by atoms with Gasteiger partial charge in [0, 0.05) is 36.0 Å². The molecule has 0 aliphatic rings. The molecule has 0 aliphatic heterocycles. The summed E-state index contributed by atoms with van der Waals surface area (Å²) in [7, 11) is 1.46. The van der Waals surface area contributed by atoms with E-state index >= 15 is 0 Å². The Balaban J connectivity index is 0.000000791. The van der Waals surface area contributed by atoms with Crippen molar-refractivity contribution < 1.29 is 4.39 Å². The predicted molar refractivity (Wildman–Crippen MR) is 75.4 cm³/mol. The first-order valence-corrected chi connectivity index (χ1v) is 8.29. The van der Waals surface area contributed by atoms with E-state index in [4.69, 9.17) is 0 Å². The number of anilines is 1. The van der Waals surface area contributed by atoms with Crippen LogP contribution in [0.15, 0.2) is 16.6 Å². The fourth-order valence-electron chi connectivity index (χ4n) is 0.798. The van der Waals surface area contributed by atoms with Crippen LogP contribution in [-0.4, -0.2) is 0 Å². The molecule has 0 saturated carbocycles. The Morgan fingerprint density at radius 1 is 1.43 bits per heavy atom. The molecule has 0 heterocycles. The molecule has 0 amide bonds. The van der Waals surface area contributed by atoms with Crippen LogP contribution >= 0.6 is 46.3 Å². The third kappa shape index (κ3) is 4.35. The third-order valence-corrected chi connectivity index (χ3v) is 2.98. The number of rotatable bonds is 2. The van der Waals surface area contributed by atoms with E-state index < -0.39 is 0 Å². The van der Waals surface area contributed by atoms with Crippen LogP contribution in [0.3, 0.4) is 0 Å². The highest BCUT2D eigenvalue weighted by molar-refractivity contribution is 14.2. The quantitative estimate of drug-likeness (QED) is 0.539.